The minimum atomic E-state index is -0.630. The van der Waals surface area contributed by atoms with Gasteiger partial charge in [0.25, 0.3) is 5.91 Å². The number of nitrogens with zero attached hydrogens (tertiary/aromatic N) is 2. The fraction of sp³-hybridized carbons (Fsp3) is 0.800. The van der Waals surface area contributed by atoms with Gasteiger partial charge in [-0.15, -0.1) is 0 Å². The van der Waals surface area contributed by atoms with Gasteiger partial charge in [-0.2, -0.15) is 0 Å². The van der Waals surface area contributed by atoms with E-state index >= 15 is 0 Å². The summed E-state index contributed by atoms with van der Waals surface area (Å²) < 4.78 is 0. The zero-order valence-electron chi connectivity index (χ0n) is 8.90. The van der Waals surface area contributed by atoms with Crippen LogP contribution in [0.25, 0.3) is 0 Å². The molecule has 1 saturated carbocycles. The first kappa shape index (κ1) is 10.4. The summed E-state index contributed by atoms with van der Waals surface area (Å²) in [5.41, 5.74) is -0.630. The van der Waals surface area contributed by atoms with E-state index in [2.05, 4.69) is 0 Å². The molecule has 2 aliphatic rings. The Hall–Kier alpha value is -1.10. The molecule has 0 bridgehead atoms. The van der Waals surface area contributed by atoms with Crippen LogP contribution in [0.4, 0.5) is 4.79 Å². The van der Waals surface area contributed by atoms with Gasteiger partial charge >= 0.3 is 6.03 Å². The van der Waals surface area contributed by atoms with Crippen LogP contribution in [0.5, 0.6) is 0 Å². The first-order chi connectivity index (χ1) is 7.13. The molecular formula is C10H16N2O3. The van der Waals surface area contributed by atoms with Crippen molar-refractivity contribution in [2.24, 2.45) is 0 Å². The quantitative estimate of drug-likeness (QED) is 0.664. The Balaban J connectivity index is 2.33. The molecule has 15 heavy (non-hydrogen) atoms. The number of hydrogen-bond acceptors (Lipinski definition) is 3. The highest BCUT2D eigenvalue weighted by Crippen LogP contribution is 2.40. The summed E-state index contributed by atoms with van der Waals surface area (Å²) in [6, 6.07) is -0.268. The van der Waals surface area contributed by atoms with Crippen LogP contribution >= 0.6 is 0 Å². The van der Waals surface area contributed by atoms with Crippen molar-refractivity contribution in [3.63, 3.8) is 0 Å². The summed E-state index contributed by atoms with van der Waals surface area (Å²) in [5, 5.41) is 8.94. The van der Waals surface area contributed by atoms with E-state index in [1.54, 1.807) is 4.90 Å². The summed E-state index contributed by atoms with van der Waals surface area (Å²) in [6.45, 7) is 0.170. The highest BCUT2D eigenvalue weighted by molar-refractivity contribution is 6.06. The van der Waals surface area contributed by atoms with Gasteiger partial charge < -0.3 is 10.0 Å². The van der Waals surface area contributed by atoms with Gasteiger partial charge in [0.1, 0.15) is 5.54 Å². The van der Waals surface area contributed by atoms with E-state index in [4.69, 9.17) is 5.11 Å². The van der Waals surface area contributed by atoms with Crippen molar-refractivity contribution < 1.29 is 14.7 Å². The standard InChI is InChI=1S/C10H16N2O3/c1-11-8(14)10(4-2-3-5-10)12(6-7-13)9(11)15/h13H,2-7H2,1H3. The van der Waals surface area contributed by atoms with Gasteiger partial charge in [0.05, 0.1) is 6.61 Å². The number of amides is 3. The lowest BCUT2D eigenvalue weighted by molar-refractivity contribution is -0.132. The Labute approximate surface area is 88.6 Å². The molecule has 0 unspecified atom stereocenters. The molecule has 1 N–H and O–H groups in total. The third kappa shape index (κ3) is 1.26. The lowest BCUT2D eigenvalue weighted by atomic mass is 9.96. The van der Waals surface area contributed by atoms with Gasteiger partial charge in [0.15, 0.2) is 0 Å². The van der Waals surface area contributed by atoms with Crippen LogP contribution in [-0.2, 0) is 4.79 Å². The maximum absolute atomic E-state index is 12.0. The van der Waals surface area contributed by atoms with Crippen LogP contribution in [0.15, 0.2) is 0 Å². The highest BCUT2D eigenvalue weighted by atomic mass is 16.3. The summed E-state index contributed by atoms with van der Waals surface area (Å²) in [5.74, 6) is -0.0987. The zero-order valence-corrected chi connectivity index (χ0v) is 8.90. The number of likely N-dealkylation sites (N-methyl/N-ethyl adjacent to an activating group) is 1. The molecule has 0 aromatic rings. The van der Waals surface area contributed by atoms with Gasteiger partial charge in [-0.3, -0.25) is 9.69 Å². The third-order valence-electron chi connectivity index (χ3n) is 3.49. The van der Waals surface area contributed by atoms with Crippen molar-refractivity contribution in [3.8, 4) is 0 Å². The van der Waals surface area contributed by atoms with E-state index < -0.39 is 5.54 Å². The van der Waals surface area contributed by atoms with Crippen molar-refractivity contribution in [1.29, 1.82) is 0 Å². The van der Waals surface area contributed by atoms with E-state index in [0.29, 0.717) is 0 Å². The number of carbonyl (C=O) groups excluding carboxylic acids is 2. The Bertz CT molecular complexity index is 297. The number of aliphatic hydroxyl groups is 1. The van der Waals surface area contributed by atoms with Gasteiger partial charge in [0.2, 0.25) is 0 Å². The predicted molar refractivity (Wildman–Crippen MR) is 53.2 cm³/mol. The monoisotopic (exact) mass is 212 g/mol. The zero-order chi connectivity index (χ0) is 11.1. The van der Waals surface area contributed by atoms with Crippen molar-refractivity contribution in [1.82, 2.24) is 9.80 Å². The van der Waals surface area contributed by atoms with E-state index in [1.165, 1.54) is 11.9 Å². The summed E-state index contributed by atoms with van der Waals surface area (Å²) in [6.07, 6.45) is 3.44. The van der Waals surface area contributed by atoms with Crippen LogP contribution in [0, 0.1) is 0 Å². The van der Waals surface area contributed by atoms with Gasteiger partial charge in [-0.05, 0) is 12.8 Å². The topological polar surface area (TPSA) is 60.9 Å². The van der Waals surface area contributed by atoms with E-state index in [-0.39, 0.29) is 25.1 Å². The maximum Gasteiger partial charge on any atom is 0.327 e. The smallest absolute Gasteiger partial charge is 0.327 e. The highest BCUT2D eigenvalue weighted by Gasteiger charge is 2.56. The number of aliphatic hydroxyl groups excluding tert-OH is 1. The molecule has 2 fully saturated rings. The molecular weight excluding hydrogens is 196 g/mol. The maximum atomic E-state index is 12.0. The molecule has 0 aromatic carbocycles. The first-order valence-electron chi connectivity index (χ1n) is 5.34. The Morgan fingerprint density at radius 3 is 2.47 bits per heavy atom. The minimum Gasteiger partial charge on any atom is -0.395 e. The third-order valence-corrected chi connectivity index (χ3v) is 3.49. The number of imide groups is 1. The number of rotatable bonds is 2. The SMILES string of the molecule is CN1C(=O)N(CCO)C2(CCCC2)C1=O. The van der Waals surface area contributed by atoms with Crippen molar-refractivity contribution >= 4 is 11.9 Å². The van der Waals surface area contributed by atoms with Gasteiger partial charge in [-0.1, -0.05) is 12.8 Å². The Kier molecular flexibility index (Phi) is 2.42. The molecule has 84 valence electrons. The largest absolute Gasteiger partial charge is 0.395 e. The molecule has 5 heteroatoms. The number of urea groups is 1. The molecule has 1 heterocycles. The Morgan fingerprint density at radius 1 is 1.33 bits per heavy atom. The fourth-order valence-corrected chi connectivity index (χ4v) is 2.73. The van der Waals surface area contributed by atoms with E-state index in [1.807, 2.05) is 0 Å². The summed E-state index contributed by atoms with van der Waals surface area (Å²) in [7, 11) is 1.52. The lowest BCUT2D eigenvalue weighted by Crippen LogP contribution is -2.48. The van der Waals surface area contributed by atoms with E-state index in [9.17, 15) is 9.59 Å². The Morgan fingerprint density at radius 2 is 1.93 bits per heavy atom. The predicted octanol–water partition coefficient (Wildman–Crippen LogP) is 0.185. The molecule has 2 rings (SSSR count). The van der Waals surface area contributed by atoms with Crippen LogP contribution in [0.2, 0.25) is 0 Å². The van der Waals surface area contributed by atoms with E-state index in [0.717, 1.165) is 25.7 Å². The molecule has 1 spiro atoms. The fourth-order valence-electron chi connectivity index (χ4n) is 2.73. The van der Waals surface area contributed by atoms with Crippen LogP contribution in [-0.4, -0.2) is 52.6 Å². The molecule has 0 atom stereocenters. The normalized spacial score (nSPS) is 24.7. The van der Waals surface area contributed by atoms with Gasteiger partial charge in [-0.25, -0.2) is 4.79 Å². The number of carbonyl (C=O) groups is 2. The molecule has 5 nitrogen and oxygen atoms in total. The number of hydrogen-bond donors (Lipinski definition) is 1. The molecule has 1 aliphatic heterocycles. The summed E-state index contributed by atoms with van der Waals surface area (Å²) >= 11 is 0. The molecule has 0 aromatic heterocycles. The van der Waals surface area contributed by atoms with Crippen LogP contribution in [0.1, 0.15) is 25.7 Å². The minimum absolute atomic E-state index is 0.0887. The second-order valence-electron chi connectivity index (χ2n) is 4.26. The lowest BCUT2D eigenvalue weighted by Gasteiger charge is -2.30. The molecule has 1 saturated heterocycles. The average Bonchev–Trinajstić information content (AvgIpc) is 2.77. The molecule has 0 radical (unpaired) electrons. The average molecular weight is 212 g/mol. The van der Waals surface area contributed by atoms with Crippen molar-refractivity contribution in [3.05, 3.63) is 0 Å². The van der Waals surface area contributed by atoms with Crippen LogP contribution in [0.3, 0.4) is 0 Å². The van der Waals surface area contributed by atoms with Gasteiger partial charge in [0, 0.05) is 13.6 Å². The summed E-state index contributed by atoms with van der Waals surface area (Å²) in [4.78, 5) is 26.5. The number of β-amino-alcohol motifs (C(OH)–C–C–N with tert-alkyl or cyclic N) is 1. The van der Waals surface area contributed by atoms with Crippen molar-refractivity contribution in [2.45, 2.75) is 31.2 Å². The van der Waals surface area contributed by atoms with Crippen LogP contribution < -0.4 is 0 Å². The van der Waals surface area contributed by atoms with Crippen molar-refractivity contribution in [2.75, 3.05) is 20.2 Å². The molecule has 3 amide bonds. The molecule has 1 aliphatic carbocycles. The second kappa shape index (κ2) is 3.48. The first-order valence-corrected chi connectivity index (χ1v) is 5.34. The second-order valence-corrected chi connectivity index (χ2v) is 4.26.